The van der Waals surface area contributed by atoms with Crippen molar-refractivity contribution in [3.05, 3.63) is 35.4 Å². The van der Waals surface area contributed by atoms with Crippen molar-refractivity contribution in [1.29, 1.82) is 0 Å². The van der Waals surface area contributed by atoms with Crippen LogP contribution in [0.25, 0.3) is 0 Å². The van der Waals surface area contributed by atoms with E-state index in [1.54, 1.807) is 0 Å². The Morgan fingerprint density at radius 2 is 2.00 bits per heavy atom. The molecule has 0 heterocycles. The summed E-state index contributed by atoms with van der Waals surface area (Å²) in [5.74, 6) is 0. The highest BCUT2D eigenvalue weighted by Gasteiger charge is 2.21. The highest BCUT2D eigenvalue weighted by Crippen LogP contribution is 2.19. The Morgan fingerprint density at radius 3 is 2.57 bits per heavy atom. The maximum atomic E-state index is 6.06. The van der Waals surface area contributed by atoms with Crippen LogP contribution in [-0.2, 0) is 0 Å². The molecule has 2 nitrogen and oxygen atoms in total. The van der Waals surface area contributed by atoms with Gasteiger partial charge in [0.1, 0.15) is 0 Å². The maximum Gasteiger partial charge on any atom is 0.0421 e. The summed E-state index contributed by atoms with van der Waals surface area (Å²) >= 11 is 0. The standard InChI is InChI=1S/C12H18N2/c1-9-2-4-10(5-3-9)12(13)8-14-11-6-7-11/h2-5,11-12,14H,6-8,13H2,1H3. The highest BCUT2D eigenvalue weighted by molar-refractivity contribution is 5.24. The van der Waals surface area contributed by atoms with Crippen LogP contribution >= 0.6 is 0 Å². The van der Waals surface area contributed by atoms with Crippen LogP contribution in [0, 0.1) is 6.92 Å². The molecule has 2 rings (SSSR count). The Morgan fingerprint density at radius 1 is 1.36 bits per heavy atom. The molecule has 1 aromatic carbocycles. The van der Waals surface area contributed by atoms with Gasteiger partial charge >= 0.3 is 0 Å². The first kappa shape index (κ1) is 9.69. The van der Waals surface area contributed by atoms with Gasteiger partial charge in [0.2, 0.25) is 0 Å². The van der Waals surface area contributed by atoms with Gasteiger partial charge in [-0.25, -0.2) is 0 Å². The van der Waals surface area contributed by atoms with Crippen LogP contribution < -0.4 is 11.1 Å². The van der Waals surface area contributed by atoms with Crippen molar-refractivity contribution in [3.63, 3.8) is 0 Å². The first-order chi connectivity index (χ1) is 6.75. The first-order valence-corrected chi connectivity index (χ1v) is 5.31. The molecule has 2 heteroatoms. The van der Waals surface area contributed by atoms with E-state index in [1.807, 2.05) is 0 Å². The van der Waals surface area contributed by atoms with E-state index in [0.717, 1.165) is 12.6 Å². The molecule has 1 aromatic rings. The van der Waals surface area contributed by atoms with Crippen molar-refractivity contribution in [2.45, 2.75) is 31.8 Å². The summed E-state index contributed by atoms with van der Waals surface area (Å²) in [6, 6.07) is 9.35. The lowest BCUT2D eigenvalue weighted by Gasteiger charge is -2.12. The van der Waals surface area contributed by atoms with E-state index in [4.69, 9.17) is 5.73 Å². The summed E-state index contributed by atoms with van der Waals surface area (Å²) in [5, 5.41) is 3.44. The van der Waals surface area contributed by atoms with Crippen LogP contribution in [0.2, 0.25) is 0 Å². The molecule has 1 aliphatic rings. The van der Waals surface area contributed by atoms with Gasteiger partial charge in [0, 0.05) is 18.6 Å². The maximum absolute atomic E-state index is 6.06. The zero-order valence-electron chi connectivity index (χ0n) is 8.66. The van der Waals surface area contributed by atoms with Crippen molar-refractivity contribution >= 4 is 0 Å². The lowest BCUT2D eigenvalue weighted by atomic mass is 10.1. The molecule has 14 heavy (non-hydrogen) atoms. The number of aryl methyl sites for hydroxylation is 1. The fourth-order valence-corrected chi connectivity index (χ4v) is 1.51. The van der Waals surface area contributed by atoms with Gasteiger partial charge in [-0.2, -0.15) is 0 Å². The van der Waals surface area contributed by atoms with E-state index in [-0.39, 0.29) is 6.04 Å². The van der Waals surface area contributed by atoms with Crippen molar-refractivity contribution in [3.8, 4) is 0 Å². The van der Waals surface area contributed by atoms with Crippen molar-refractivity contribution < 1.29 is 0 Å². The largest absolute Gasteiger partial charge is 0.323 e. The minimum atomic E-state index is 0.135. The molecule has 3 N–H and O–H groups in total. The van der Waals surface area contributed by atoms with E-state index < -0.39 is 0 Å². The number of benzene rings is 1. The quantitative estimate of drug-likeness (QED) is 0.759. The van der Waals surface area contributed by atoms with E-state index in [0.29, 0.717) is 0 Å². The van der Waals surface area contributed by atoms with Gasteiger partial charge in [-0.1, -0.05) is 29.8 Å². The van der Waals surface area contributed by atoms with Gasteiger partial charge in [0.25, 0.3) is 0 Å². The van der Waals surface area contributed by atoms with Gasteiger partial charge in [0.15, 0.2) is 0 Å². The molecule has 0 saturated heterocycles. The summed E-state index contributed by atoms with van der Waals surface area (Å²) < 4.78 is 0. The number of nitrogens with two attached hydrogens (primary N) is 1. The summed E-state index contributed by atoms with van der Waals surface area (Å²) in [4.78, 5) is 0. The predicted molar refractivity (Wildman–Crippen MR) is 59.1 cm³/mol. The van der Waals surface area contributed by atoms with Crippen LogP contribution in [0.4, 0.5) is 0 Å². The molecule has 1 aliphatic carbocycles. The zero-order valence-corrected chi connectivity index (χ0v) is 8.66. The van der Waals surface area contributed by atoms with E-state index in [9.17, 15) is 0 Å². The predicted octanol–water partition coefficient (Wildman–Crippen LogP) is 1.75. The average Bonchev–Trinajstić information content (AvgIpc) is 2.99. The fraction of sp³-hybridized carbons (Fsp3) is 0.500. The molecule has 76 valence electrons. The average molecular weight is 190 g/mol. The summed E-state index contributed by atoms with van der Waals surface area (Å²) in [5.41, 5.74) is 8.57. The Balaban J connectivity index is 1.88. The normalized spacial score (nSPS) is 18.1. The third kappa shape index (κ3) is 2.56. The van der Waals surface area contributed by atoms with Gasteiger partial charge < -0.3 is 11.1 Å². The van der Waals surface area contributed by atoms with Gasteiger partial charge in [-0.3, -0.25) is 0 Å². The second-order valence-electron chi connectivity index (χ2n) is 4.20. The van der Waals surface area contributed by atoms with Crippen LogP contribution in [0.1, 0.15) is 30.0 Å². The van der Waals surface area contributed by atoms with Crippen molar-refractivity contribution in [2.24, 2.45) is 5.73 Å². The SMILES string of the molecule is Cc1ccc(C(N)CNC2CC2)cc1. The lowest BCUT2D eigenvalue weighted by Crippen LogP contribution is -2.28. The lowest BCUT2D eigenvalue weighted by molar-refractivity contribution is 0.595. The topological polar surface area (TPSA) is 38.0 Å². The zero-order chi connectivity index (χ0) is 9.97. The van der Waals surface area contributed by atoms with E-state index in [1.165, 1.54) is 24.0 Å². The number of hydrogen-bond donors (Lipinski definition) is 2. The molecular formula is C12H18N2. The summed E-state index contributed by atoms with van der Waals surface area (Å²) in [6.07, 6.45) is 2.64. The number of rotatable bonds is 4. The molecule has 0 bridgehead atoms. The van der Waals surface area contributed by atoms with Gasteiger partial charge in [-0.15, -0.1) is 0 Å². The molecule has 0 radical (unpaired) electrons. The smallest absolute Gasteiger partial charge is 0.0421 e. The molecule has 0 aliphatic heterocycles. The summed E-state index contributed by atoms with van der Waals surface area (Å²) in [6.45, 7) is 2.99. The second-order valence-corrected chi connectivity index (χ2v) is 4.20. The van der Waals surface area contributed by atoms with Gasteiger partial charge in [0.05, 0.1) is 0 Å². The third-order valence-electron chi connectivity index (χ3n) is 2.71. The molecule has 1 saturated carbocycles. The molecule has 0 amide bonds. The third-order valence-corrected chi connectivity index (χ3v) is 2.71. The van der Waals surface area contributed by atoms with Crippen LogP contribution in [-0.4, -0.2) is 12.6 Å². The second kappa shape index (κ2) is 4.11. The Bertz CT molecular complexity index is 288. The molecule has 0 spiro atoms. The van der Waals surface area contributed by atoms with Crippen LogP contribution in [0.5, 0.6) is 0 Å². The molecule has 1 atom stereocenters. The van der Waals surface area contributed by atoms with Crippen LogP contribution in [0.3, 0.4) is 0 Å². The monoisotopic (exact) mass is 190 g/mol. The fourth-order valence-electron chi connectivity index (χ4n) is 1.51. The summed E-state index contributed by atoms with van der Waals surface area (Å²) in [7, 11) is 0. The molecule has 0 aromatic heterocycles. The number of hydrogen-bond acceptors (Lipinski definition) is 2. The number of nitrogens with one attached hydrogen (secondary N) is 1. The molecule has 1 unspecified atom stereocenters. The Labute approximate surface area is 85.5 Å². The van der Waals surface area contributed by atoms with Crippen molar-refractivity contribution in [1.82, 2.24) is 5.32 Å². The van der Waals surface area contributed by atoms with E-state index >= 15 is 0 Å². The Kier molecular flexibility index (Phi) is 2.85. The Hall–Kier alpha value is -0.860. The minimum Gasteiger partial charge on any atom is -0.323 e. The molecular weight excluding hydrogens is 172 g/mol. The van der Waals surface area contributed by atoms with Crippen LogP contribution in [0.15, 0.2) is 24.3 Å². The molecule has 1 fully saturated rings. The van der Waals surface area contributed by atoms with Gasteiger partial charge in [-0.05, 0) is 25.3 Å². The van der Waals surface area contributed by atoms with Crippen molar-refractivity contribution in [2.75, 3.05) is 6.54 Å². The first-order valence-electron chi connectivity index (χ1n) is 5.31. The highest BCUT2D eigenvalue weighted by atomic mass is 15.0. The van der Waals surface area contributed by atoms with E-state index in [2.05, 4.69) is 36.5 Å². The minimum absolute atomic E-state index is 0.135.